The number of hydrogen-bond acceptors (Lipinski definition) is 4. The van der Waals surface area contributed by atoms with Gasteiger partial charge in [-0.05, 0) is 44.5 Å². The highest BCUT2D eigenvalue weighted by Gasteiger charge is 2.22. The van der Waals surface area contributed by atoms with Crippen LogP contribution in [0.5, 0.6) is 0 Å². The molecular weight excluding hydrogens is 300 g/mol. The molecule has 1 aromatic carbocycles. The van der Waals surface area contributed by atoms with Gasteiger partial charge in [-0.3, -0.25) is 4.68 Å². The molecule has 2 rings (SSSR count). The summed E-state index contributed by atoms with van der Waals surface area (Å²) in [5.41, 5.74) is 2.60. The lowest BCUT2D eigenvalue weighted by atomic mass is 10.1. The van der Waals surface area contributed by atoms with Crippen molar-refractivity contribution in [3.63, 3.8) is 0 Å². The molecule has 0 amide bonds. The molecule has 22 heavy (non-hydrogen) atoms. The Morgan fingerprint density at radius 2 is 2.05 bits per heavy atom. The number of nitrogens with one attached hydrogen (secondary N) is 1. The van der Waals surface area contributed by atoms with Gasteiger partial charge in [0.15, 0.2) is 0 Å². The van der Waals surface area contributed by atoms with Crippen LogP contribution in [0.3, 0.4) is 0 Å². The predicted molar refractivity (Wildman–Crippen MR) is 82.6 cm³/mol. The summed E-state index contributed by atoms with van der Waals surface area (Å²) in [4.78, 5) is 0.180. The summed E-state index contributed by atoms with van der Waals surface area (Å²) in [5, 5.41) is 13.1. The van der Waals surface area contributed by atoms with E-state index < -0.39 is 16.1 Å². The van der Waals surface area contributed by atoms with Crippen LogP contribution in [-0.4, -0.2) is 18.2 Å². The van der Waals surface area contributed by atoms with E-state index in [9.17, 15) is 8.42 Å². The van der Waals surface area contributed by atoms with Crippen molar-refractivity contribution in [2.24, 2.45) is 7.05 Å². The zero-order chi connectivity index (χ0) is 16.5. The van der Waals surface area contributed by atoms with E-state index in [1.54, 1.807) is 37.8 Å². The summed E-state index contributed by atoms with van der Waals surface area (Å²) in [5.74, 6) is 0. The lowest BCUT2D eigenvalue weighted by molar-refractivity contribution is 0.566. The number of aryl methyl sites for hydroxylation is 3. The van der Waals surface area contributed by atoms with Crippen molar-refractivity contribution in [3.05, 3.63) is 46.8 Å². The molecule has 0 unspecified atom stereocenters. The molecule has 0 bridgehead atoms. The first-order chi connectivity index (χ1) is 10.2. The Kier molecular flexibility index (Phi) is 4.35. The van der Waals surface area contributed by atoms with Gasteiger partial charge in [-0.2, -0.15) is 10.4 Å². The molecular formula is C15H18N4O2S. The lowest BCUT2D eigenvalue weighted by Crippen LogP contribution is -2.27. The van der Waals surface area contributed by atoms with Crippen molar-refractivity contribution in [1.82, 2.24) is 14.5 Å². The molecule has 0 radical (unpaired) electrons. The minimum Gasteiger partial charge on any atom is -0.275 e. The number of aromatic nitrogens is 2. The standard InChI is InChI=1S/C15H18N4O2S/c1-10-7-13(8-16)5-6-15(10)22(20,21)18-12(3)14-9-19(4)17-11(14)2/h5-7,9,12,18H,1-4H3/t12-/m0/s1. The molecule has 1 heterocycles. The van der Waals surface area contributed by atoms with Crippen molar-refractivity contribution >= 4 is 10.0 Å². The van der Waals surface area contributed by atoms with E-state index in [1.807, 2.05) is 13.0 Å². The van der Waals surface area contributed by atoms with Gasteiger partial charge in [0.2, 0.25) is 10.0 Å². The maximum absolute atomic E-state index is 12.5. The summed E-state index contributed by atoms with van der Waals surface area (Å²) < 4.78 is 29.4. The quantitative estimate of drug-likeness (QED) is 0.933. The fourth-order valence-electron chi connectivity index (χ4n) is 2.42. The second-order valence-electron chi connectivity index (χ2n) is 5.28. The van der Waals surface area contributed by atoms with Gasteiger partial charge in [-0.25, -0.2) is 13.1 Å². The van der Waals surface area contributed by atoms with E-state index in [1.165, 1.54) is 12.1 Å². The van der Waals surface area contributed by atoms with Crippen LogP contribution in [0.25, 0.3) is 0 Å². The molecule has 0 spiro atoms. The van der Waals surface area contributed by atoms with Crippen molar-refractivity contribution in [2.45, 2.75) is 31.7 Å². The molecule has 0 aliphatic heterocycles. The van der Waals surface area contributed by atoms with Crippen molar-refractivity contribution in [1.29, 1.82) is 5.26 Å². The van der Waals surface area contributed by atoms with E-state index in [0.717, 1.165) is 11.3 Å². The molecule has 0 saturated carbocycles. The van der Waals surface area contributed by atoms with Crippen LogP contribution in [0, 0.1) is 25.2 Å². The van der Waals surface area contributed by atoms with Crippen LogP contribution < -0.4 is 4.72 Å². The highest BCUT2D eigenvalue weighted by molar-refractivity contribution is 7.89. The second-order valence-corrected chi connectivity index (χ2v) is 6.96. The molecule has 1 aromatic heterocycles. The Balaban J connectivity index is 2.32. The molecule has 0 fully saturated rings. The minimum absolute atomic E-state index is 0.180. The van der Waals surface area contributed by atoms with Gasteiger partial charge >= 0.3 is 0 Å². The number of rotatable bonds is 4. The van der Waals surface area contributed by atoms with Crippen LogP contribution in [0.4, 0.5) is 0 Å². The third kappa shape index (κ3) is 3.18. The number of nitriles is 1. The minimum atomic E-state index is -3.67. The monoisotopic (exact) mass is 318 g/mol. The van der Waals surface area contributed by atoms with Crippen molar-refractivity contribution in [3.8, 4) is 6.07 Å². The molecule has 0 aliphatic rings. The second kappa shape index (κ2) is 5.91. The van der Waals surface area contributed by atoms with Crippen molar-refractivity contribution in [2.75, 3.05) is 0 Å². The zero-order valence-electron chi connectivity index (χ0n) is 13.0. The van der Waals surface area contributed by atoms with E-state index >= 15 is 0 Å². The number of nitrogens with zero attached hydrogens (tertiary/aromatic N) is 3. The van der Waals surface area contributed by atoms with Gasteiger partial charge < -0.3 is 0 Å². The zero-order valence-corrected chi connectivity index (χ0v) is 13.8. The van der Waals surface area contributed by atoms with Crippen LogP contribution in [0.15, 0.2) is 29.3 Å². The molecule has 0 saturated heterocycles. The topological polar surface area (TPSA) is 87.8 Å². The fraction of sp³-hybridized carbons (Fsp3) is 0.333. The molecule has 6 nitrogen and oxygen atoms in total. The van der Waals surface area contributed by atoms with Crippen LogP contribution in [-0.2, 0) is 17.1 Å². The molecule has 0 aliphatic carbocycles. The third-order valence-electron chi connectivity index (χ3n) is 3.44. The maximum Gasteiger partial charge on any atom is 0.241 e. The van der Waals surface area contributed by atoms with E-state index in [-0.39, 0.29) is 4.90 Å². The Morgan fingerprint density at radius 3 is 2.55 bits per heavy atom. The Morgan fingerprint density at radius 1 is 1.36 bits per heavy atom. The van der Waals surface area contributed by atoms with Gasteiger partial charge in [0.1, 0.15) is 0 Å². The van der Waals surface area contributed by atoms with Gasteiger partial charge in [-0.1, -0.05) is 0 Å². The molecule has 1 atom stereocenters. The Hall–Kier alpha value is -2.17. The summed E-state index contributed by atoms with van der Waals surface area (Å²) in [6.45, 7) is 5.29. The molecule has 2 aromatic rings. The first kappa shape index (κ1) is 16.2. The number of benzene rings is 1. The Labute approximate surface area is 130 Å². The summed E-state index contributed by atoms with van der Waals surface area (Å²) >= 11 is 0. The van der Waals surface area contributed by atoms with Gasteiger partial charge in [0.25, 0.3) is 0 Å². The van der Waals surface area contributed by atoms with Crippen molar-refractivity contribution < 1.29 is 8.42 Å². The number of sulfonamides is 1. The Bertz CT molecular complexity index is 847. The molecule has 1 N–H and O–H groups in total. The normalized spacial score (nSPS) is 12.9. The summed E-state index contributed by atoms with van der Waals surface area (Å²) in [6.07, 6.45) is 1.80. The van der Waals surface area contributed by atoms with Crippen LogP contribution in [0.2, 0.25) is 0 Å². The summed E-state index contributed by atoms with van der Waals surface area (Å²) in [7, 11) is -1.87. The largest absolute Gasteiger partial charge is 0.275 e. The van der Waals surface area contributed by atoms with E-state index in [4.69, 9.17) is 5.26 Å². The summed E-state index contributed by atoms with van der Waals surface area (Å²) in [6, 6.07) is 6.13. The first-order valence-electron chi connectivity index (χ1n) is 6.78. The fourth-order valence-corrected chi connectivity index (χ4v) is 3.87. The third-order valence-corrected chi connectivity index (χ3v) is 5.14. The molecule has 7 heteroatoms. The van der Waals surface area contributed by atoms with Gasteiger partial charge in [0.05, 0.1) is 22.2 Å². The van der Waals surface area contributed by atoms with E-state index in [2.05, 4.69) is 9.82 Å². The van der Waals surface area contributed by atoms with Crippen LogP contribution in [0.1, 0.15) is 35.3 Å². The van der Waals surface area contributed by atoms with E-state index in [0.29, 0.717) is 11.1 Å². The average Bonchev–Trinajstić information content (AvgIpc) is 2.76. The average molecular weight is 318 g/mol. The first-order valence-corrected chi connectivity index (χ1v) is 8.26. The highest BCUT2D eigenvalue weighted by Crippen LogP contribution is 2.21. The lowest BCUT2D eigenvalue weighted by Gasteiger charge is -2.15. The maximum atomic E-state index is 12.5. The highest BCUT2D eigenvalue weighted by atomic mass is 32.2. The molecule has 116 valence electrons. The predicted octanol–water partition coefficient (Wildman–Crippen LogP) is 1.95. The van der Waals surface area contributed by atoms with Gasteiger partial charge in [-0.15, -0.1) is 0 Å². The number of hydrogen-bond donors (Lipinski definition) is 1. The smallest absolute Gasteiger partial charge is 0.241 e. The SMILES string of the molecule is Cc1cc(C#N)ccc1S(=O)(=O)N[C@@H](C)c1cn(C)nc1C. The van der Waals surface area contributed by atoms with Gasteiger partial charge in [0, 0.05) is 24.8 Å². The van der Waals surface area contributed by atoms with Crippen LogP contribution >= 0.6 is 0 Å².